The van der Waals surface area contributed by atoms with Crippen LogP contribution in [0.5, 0.6) is 0 Å². The number of carbonyl (C=O) groups is 2. The van der Waals surface area contributed by atoms with Crippen LogP contribution in [-0.4, -0.2) is 41.4 Å². The third-order valence-corrected chi connectivity index (χ3v) is 2.78. The maximum absolute atomic E-state index is 11.6. The molecule has 0 radical (unpaired) electrons. The number of carboxylic acid groups (broad SMARTS) is 1. The molecule has 0 aromatic carbocycles. The van der Waals surface area contributed by atoms with E-state index in [1.165, 1.54) is 6.92 Å². The normalized spacial score (nSPS) is 14.7. The Morgan fingerprint density at radius 3 is 2.17 bits per heavy atom. The number of carboxylic acids is 1. The molecule has 0 fully saturated rings. The van der Waals surface area contributed by atoms with Gasteiger partial charge in [0.2, 0.25) is 0 Å². The maximum atomic E-state index is 11.6. The lowest BCUT2D eigenvalue weighted by Gasteiger charge is -2.28. The van der Waals surface area contributed by atoms with E-state index in [2.05, 4.69) is 10.6 Å². The Balaban J connectivity index is 4.32. The van der Waals surface area contributed by atoms with Gasteiger partial charge in [0.25, 0.3) is 0 Å². The maximum Gasteiger partial charge on any atom is 0.329 e. The molecule has 106 valence electrons. The van der Waals surface area contributed by atoms with Gasteiger partial charge in [0.15, 0.2) is 0 Å². The van der Waals surface area contributed by atoms with Crippen molar-refractivity contribution >= 4 is 12.0 Å². The summed E-state index contributed by atoms with van der Waals surface area (Å²) in [5.74, 6) is -1.05. The van der Waals surface area contributed by atoms with Gasteiger partial charge in [-0.1, -0.05) is 6.92 Å². The van der Waals surface area contributed by atoms with E-state index < -0.39 is 23.1 Å². The second-order valence-electron chi connectivity index (χ2n) is 4.99. The van der Waals surface area contributed by atoms with Gasteiger partial charge in [0.1, 0.15) is 5.54 Å². The third kappa shape index (κ3) is 5.35. The molecule has 1 unspecified atom stereocenters. The molecule has 18 heavy (non-hydrogen) atoms. The molecule has 0 bridgehead atoms. The van der Waals surface area contributed by atoms with Gasteiger partial charge in [-0.05, 0) is 34.1 Å². The van der Waals surface area contributed by atoms with Crippen molar-refractivity contribution in [2.75, 3.05) is 13.2 Å². The number of ether oxygens (including phenoxy) is 1. The highest BCUT2D eigenvalue weighted by Gasteiger charge is 2.33. The van der Waals surface area contributed by atoms with Gasteiger partial charge in [-0.25, -0.2) is 9.59 Å². The Hall–Kier alpha value is -1.30. The van der Waals surface area contributed by atoms with Crippen LogP contribution in [0.25, 0.3) is 0 Å². The molecular weight excluding hydrogens is 236 g/mol. The number of nitrogens with one attached hydrogen (secondary N) is 2. The Bertz CT molecular complexity index is 304. The predicted molar refractivity (Wildman–Crippen MR) is 68.6 cm³/mol. The molecule has 0 aromatic heterocycles. The van der Waals surface area contributed by atoms with E-state index in [1.807, 2.05) is 20.8 Å². The summed E-state index contributed by atoms with van der Waals surface area (Å²) in [5, 5.41) is 14.1. The first-order valence-electron chi connectivity index (χ1n) is 6.10. The zero-order valence-electron chi connectivity index (χ0n) is 11.8. The molecule has 0 saturated carbocycles. The average Bonchev–Trinajstić information content (AvgIpc) is 2.26. The minimum absolute atomic E-state index is 0.310. The number of carbonyl (C=O) groups excluding carboxylic acids is 1. The Kier molecular flexibility index (Phi) is 6.11. The van der Waals surface area contributed by atoms with Gasteiger partial charge in [-0.2, -0.15) is 0 Å². The van der Waals surface area contributed by atoms with Crippen LogP contribution in [0.4, 0.5) is 4.79 Å². The fourth-order valence-electron chi connectivity index (χ4n) is 1.32. The van der Waals surface area contributed by atoms with E-state index in [-0.39, 0.29) is 0 Å². The molecule has 0 rings (SSSR count). The summed E-state index contributed by atoms with van der Waals surface area (Å²) in [6, 6.07) is -0.505. The predicted octanol–water partition coefficient (Wildman–Crippen LogP) is 1.35. The molecule has 0 aromatic rings. The Labute approximate surface area is 108 Å². The van der Waals surface area contributed by atoms with Crippen molar-refractivity contribution in [1.29, 1.82) is 0 Å². The monoisotopic (exact) mass is 260 g/mol. The fraction of sp³-hybridized carbons (Fsp3) is 0.833. The number of hydrogen-bond donors (Lipinski definition) is 3. The molecule has 6 nitrogen and oxygen atoms in total. The molecule has 3 N–H and O–H groups in total. The van der Waals surface area contributed by atoms with Crippen LogP contribution >= 0.6 is 0 Å². The zero-order chi connectivity index (χ0) is 14.4. The summed E-state index contributed by atoms with van der Waals surface area (Å²) in [6.45, 7) is 9.63. The molecule has 0 spiro atoms. The first-order chi connectivity index (χ1) is 8.17. The second kappa shape index (κ2) is 6.58. The summed E-state index contributed by atoms with van der Waals surface area (Å²) in [6.07, 6.45) is 0.310. The summed E-state index contributed by atoms with van der Waals surface area (Å²) in [5.41, 5.74) is -1.72. The highest BCUT2D eigenvalue weighted by atomic mass is 16.5. The van der Waals surface area contributed by atoms with Crippen molar-refractivity contribution in [3.63, 3.8) is 0 Å². The van der Waals surface area contributed by atoms with E-state index in [9.17, 15) is 9.59 Å². The van der Waals surface area contributed by atoms with Gasteiger partial charge in [-0.15, -0.1) is 0 Å². The molecule has 0 saturated heterocycles. The van der Waals surface area contributed by atoms with Gasteiger partial charge in [-0.3, -0.25) is 0 Å². The van der Waals surface area contributed by atoms with Crippen molar-refractivity contribution in [2.24, 2.45) is 0 Å². The highest BCUT2D eigenvalue weighted by Crippen LogP contribution is 2.10. The molecule has 0 aliphatic carbocycles. The van der Waals surface area contributed by atoms with E-state index >= 15 is 0 Å². The largest absolute Gasteiger partial charge is 0.480 e. The summed E-state index contributed by atoms with van der Waals surface area (Å²) >= 11 is 0. The number of amides is 2. The first-order valence-corrected chi connectivity index (χ1v) is 6.10. The minimum Gasteiger partial charge on any atom is -0.480 e. The Morgan fingerprint density at radius 1 is 1.22 bits per heavy atom. The SMILES string of the molecule is CCOC(C)(C)CNC(=O)NC(C)(CC)C(=O)O. The van der Waals surface area contributed by atoms with Gasteiger partial charge >= 0.3 is 12.0 Å². The zero-order valence-corrected chi connectivity index (χ0v) is 11.8. The summed E-state index contributed by atoms with van der Waals surface area (Å²) in [4.78, 5) is 22.7. The van der Waals surface area contributed by atoms with Crippen LogP contribution in [-0.2, 0) is 9.53 Å². The molecule has 0 aliphatic heterocycles. The topological polar surface area (TPSA) is 87.7 Å². The molecule has 0 aliphatic rings. The van der Waals surface area contributed by atoms with Gasteiger partial charge < -0.3 is 20.5 Å². The summed E-state index contributed by atoms with van der Waals surface area (Å²) in [7, 11) is 0. The van der Waals surface area contributed by atoms with Crippen LogP contribution in [0.1, 0.15) is 41.0 Å². The van der Waals surface area contributed by atoms with Crippen molar-refractivity contribution in [2.45, 2.75) is 52.2 Å². The molecule has 2 amide bonds. The number of urea groups is 1. The lowest BCUT2D eigenvalue weighted by atomic mass is 10.00. The number of rotatable bonds is 7. The van der Waals surface area contributed by atoms with Crippen LogP contribution < -0.4 is 10.6 Å². The lowest BCUT2D eigenvalue weighted by Crippen LogP contribution is -2.56. The van der Waals surface area contributed by atoms with Crippen molar-refractivity contribution in [1.82, 2.24) is 10.6 Å². The molecule has 1 atom stereocenters. The third-order valence-electron chi connectivity index (χ3n) is 2.78. The minimum atomic E-state index is -1.25. The Morgan fingerprint density at radius 2 is 1.78 bits per heavy atom. The molecular formula is C12H24N2O4. The highest BCUT2D eigenvalue weighted by molar-refractivity contribution is 5.85. The van der Waals surface area contributed by atoms with Gasteiger partial charge in [0, 0.05) is 13.2 Å². The molecule has 0 heterocycles. The number of aliphatic carboxylic acids is 1. The first kappa shape index (κ1) is 16.7. The van der Waals surface area contributed by atoms with E-state index in [1.54, 1.807) is 6.92 Å². The number of hydrogen-bond acceptors (Lipinski definition) is 3. The average molecular weight is 260 g/mol. The van der Waals surface area contributed by atoms with Crippen LogP contribution in [0.15, 0.2) is 0 Å². The van der Waals surface area contributed by atoms with E-state index in [0.29, 0.717) is 19.6 Å². The lowest BCUT2D eigenvalue weighted by molar-refractivity contribution is -0.143. The van der Waals surface area contributed by atoms with Crippen LogP contribution in [0.2, 0.25) is 0 Å². The van der Waals surface area contributed by atoms with Crippen LogP contribution in [0, 0.1) is 0 Å². The smallest absolute Gasteiger partial charge is 0.329 e. The van der Waals surface area contributed by atoms with Crippen molar-refractivity contribution in [3.8, 4) is 0 Å². The van der Waals surface area contributed by atoms with Crippen molar-refractivity contribution < 1.29 is 19.4 Å². The summed E-state index contributed by atoms with van der Waals surface area (Å²) < 4.78 is 5.42. The van der Waals surface area contributed by atoms with Crippen molar-refractivity contribution in [3.05, 3.63) is 0 Å². The second-order valence-corrected chi connectivity index (χ2v) is 4.99. The quantitative estimate of drug-likeness (QED) is 0.645. The van der Waals surface area contributed by atoms with E-state index in [0.717, 1.165) is 0 Å². The van der Waals surface area contributed by atoms with E-state index in [4.69, 9.17) is 9.84 Å². The van der Waals surface area contributed by atoms with Gasteiger partial charge in [0.05, 0.1) is 5.60 Å². The molecule has 6 heteroatoms. The fourth-order valence-corrected chi connectivity index (χ4v) is 1.32. The standard InChI is InChI=1S/C12H24N2O4/c1-6-12(5,9(15)16)14-10(17)13-8-11(3,4)18-7-2/h6-8H2,1-5H3,(H,15,16)(H2,13,14,17). The van der Waals surface area contributed by atoms with Crippen LogP contribution in [0.3, 0.4) is 0 Å².